The first kappa shape index (κ1) is 14.8. The first-order valence-corrected chi connectivity index (χ1v) is 6.61. The Kier molecular flexibility index (Phi) is 6.58. The second kappa shape index (κ2) is 7.98. The van der Waals surface area contributed by atoms with Crippen LogP contribution in [0, 0.1) is 0 Å². The molecule has 0 saturated carbocycles. The number of methoxy groups -OCH3 is 2. The van der Waals surface area contributed by atoms with E-state index in [1.807, 2.05) is 6.07 Å². The molecule has 0 aliphatic rings. The van der Waals surface area contributed by atoms with Crippen molar-refractivity contribution in [1.82, 2.24) is 5.32 Å². The van der Waals surface area contributed by atoms with Gasteiger partial charge in [0.15, 0.2) is 0 Å². The minimum absolute atomic E-state index is 0.571. The van der Waals surface area contributed by atoms with Crippen molar-refractivity contribution in [3.8, 4) is 11.5 Å². The average Bonchev–Trinajstić information content (AvgIpc) is 2.37. The van der Waals surface area contributed by atoms with Gasteiger partial charge in [0.25, 0.3) is 0 Å². The van der Waals surface area contributed by atoms with Gasteiger partial charge in [0.2, 0.25) is 0 Å². The highest BCUT2D eigenvalue weighted by molar-refractivity contribution is 5.38. The lowest BCUT2D eigenvalue weighted by Gasteiger charge is -2.09. The molecule has 0 aliphatic carbocycles. The van der Waals surface area contributed by atoms with Crippen LogP contribution >= 0.6 is 0 Å². The maximum atomic E-state index is 5.26. The summed E-state index contributed by atoms with van der Waals surface area (Å²) in [7, 11) is 3.37. The quantitative estimate of drug-likeness (QED) is 0.720. The molecular formula is C15H25NO2. The molecule has 0 aliphatic heterocycles. The molecule has 1 N–H and O–H groups in total. The van der Waals surface area contributed by atoms with Gasteiger partial charge in [-0.25, -0.2) is 0 Å². The Morgan fingerprint density at radius 3 is 2.11 bits per heavy atom. The van der Waals surface area contributed by atoms with Gasteiger partial charge in [0.05, 0.1) is 14.2 Å². The van der Waals surface area contributed by atoms with Crippen molar-refractivity contribution in [3.05, 3.63) is 23.8 Å². The van der Waals surface area contributed by atoms with Crippen LogP contribution < -0.4 is 14.8 Å². The molecule has 1 aromatic rings. The normalized spacial score (nSPS) is 10.7. The summed E-state index contributed by atoms with van der Waals surface area (Å²) >= 11 is 0. The van der Waals surface area contributed by atoms with Gasteiger partial charge in [0.1, 0.15) is 11.5 Å². The van der Waals surface area contributed by atoms with E-state index in [0.717, 1.165) is 24.5 Å². The number of nitrogens with one attached hydrogen (secondary N) is 1. The third kappa shape index (κ3) is 5.41. The second-order valence-electron chi connectivity index (χ2n) is 4.79. The first-order chi connectivity index (χ1) is 8.65. The van der Waals surface area contributed by atoms with Crippen LogP contribution in [0.4, 0.5) is 0 Å². The van der Waals surface area contributed by atoms with Crippen LogP contribution in [0.1, 0.15) is 32.3 Å². The molecule has 0 saturated heterocycles. The number of aryl methyl sites for hydroxylation is 1. The molecule has 0 unspecified atom stereocenters. The number of hydrogen-bond acceptors (Lipinski definition) is 3. The van der Waals surface area contributed by atoms with E-state index in [9.17, 15) is 0 Å². The van der Waals surface area contributed by atoms with E-state index in [0.29, 0.717) is 6.04 Å². The molecule has 1 rings (SSSR count). The highest BCUT2D eigenvalue weighted by Gasteiger charge is 2.02. The maximum absolute atomic E-state index is 5.26. The Morgan fingerprint density at radius 2 is 1.61 bits per heavy atom. The van der Waals surface area contributed by atoms with Crippen LogP contribution in [-0.2, 0) is 6.42 Å². The zero-order valence-electron chi connectivity index (χ0n) is 12.0. The van der Waals surface area contributed by atoms with E-state index in [4.69, 9.17) is 9.47 Å². The maximum Gasteiger partial charge on any atom is 0.122 e. The summed E-state index contributed by atoms with van der Waals surface area (Å²) in [5.74, 6) is 1.73. The lowest BCUT2D eigenvalue weighted by atomic mass is 10.1. The molecule has 0 atom stereocenters. The predicted molar refractivity (Wildman–Crippen MR) is 75.6 cm³/mol. The van der Waals surface area contributed by atoms with Crippen molar-refractivity contribution in [2.45, 2.75) is 39.2 Å². The van der Waals surface area contributed by atoms with Gasteiger partial charge in [-0.1, -0.05) is 13.8 Å². The molecule has 3 heteroatoms. The van der Waals surface area contributed by atoms with E-state index in [2.05, 4.69) is 31.3 Å². The third-order valence-corrected chi connectivity index (χ3v) is 2.86. The monoisotopic (exact) mass is 251 g/mol. The largest absolute Gasteiger partial charge is 0.497 e. The number of ether oxygens (including phenoxy) is 2. The van der Waals surface area contributed by atoms with Crippen molar-refractivity contribution < 1.29 is 9.47 Å². The van der Waals surface area contributed by atoms with Crippen LogP contribution in [-0.4, -0.2) is 26.8 Å². The summed E-state index contributed by atoms with van der Waals surface area (Å²) in [5, 5.41) is 3.43. The molecule has 18 heavy (non-hydrogen) atoms. The Bertz CT molecular complexity index is 328. The number of rotatable bonds is 8. The average molecular weight is 251 g/mol. The molecule has 0 spiro atoms. The zero-order chi connectivity index (χ0) is 13.4. The van der Waals surface area contributed by atoms with Crippen LogP contribution in [0.3, 0.4) is 0 Å². The Morgan fingerprint density at radius 1 is 1.00 bits per heavy atom. The molecule has 0 fully saturated rings. The summed E-state index contributed by atoms with van der Waals surface area (Å²) in [6, 6.07) is 6.64. The van der Waals surface area contributed by atoms with Crippen molar-refractivity contribution in [1.29, 1.82) is 0 Å². The first-order valence-electron chi connectivity index (χ1n) is 6.61. The van der Waals surface area contributed by atoms with Gasteiger partial charge in [-0.15, -0.1) is 0 Å². The molecule has 0 bridgehead atoms. The molecule has 0 amide bonds. The van der Waals surface area contributed by atoms with Crippen LogP contribution in [0.5, 0.6) is 11.5 Å². The second-order valence-corrected chi connectivity index (χ2v) is 4.79. The summed E-state index contributed by atoms with van der Waals surface area (Å²) in [4.78, 5) is 0. The van der Waals surface area contributed by atoms with Crippen LogP contribution in [0.15, 0.2) is 18.2 Å². The fourth-order valence-corrected chi connectivity index (χ4v) is 1.86. The Balaban J connectivity index is 2.41. The molecule has 0 heterocycles. The Labute approximate surface area is 110 Å². The number of hydrogen-bond donors (Lipinski definition) is 1. The number of benzene rings is 1. The van der Waals surface area contributed by atoms with Crippen molar-refractivity contribution in [2.75, 3.05) is 20.8 Å². The summed E-state index contributed by atoms with van der Waals surface area (Å²) in [6.07, 6.45) is 3.43. The Hall–Kier alpha value is -1.22. The SMILES string of the molecule is COc1cc(CCCCNC(C)C)cc(OC)c1. The fraction of sp³-hybridized carbons (Fsp3) is 0.600. The van der Waals surface area contributed by atoms with E-state index in [-0.39, 0.29) is 0 Å². The molecule has 102 valence electrons. The molecule has 0 radical (unpaired) electrons. The van der Waals surface area contributed by atoms with Gasteiger partial charge < -0.3 is 14.8 Å². The molecule has 1 aromatic carbocycles. The molecule has 0 aromatic heterocycles. The third-order valence-electron chi connectivity index (χ3n) is 2.86. The lowest BCUT2D eigenvalue weighted by Crippen LogP contribution is -2.23. The van der Waals surface area contributed by atoms with Gasteiger partial charge in [0, 0.05) is 12.1 Å². The standard InChI is InChI=1S/C15H25NO2/c1-12(2)16-8-6-5-7-13-9-14(17-3)11-15(10-13)18-4/h9-12,16H,5-8H2,1-4H3. The van der Waals surface area contributed by atoms with E-state index in [1.54, 1.807) is 14.2 Å². The highest BCUT2D eigenvalue weighted by Crippen LogP contribution is 2.23. The summed E-state index contributed by atoms with van der Waals surface area (Å²) in [6.45, 7) is 5.43. The molecule has 3 nitrogen and oxygen atoms in total. The van der Waals surface area contributed by atoms with Crippen LogP contribution in [0.2, 0.25) is 0 Å². The van der Waals surface area contributed by atoms with Crippen LogP contribution in [0.25, 0.3) is 0 Å². The van der Waals surface area contributed by atoms with E-state index >= 15 is 0 Å². The van der Waals surface area contributed by atoms with Gasteiger partial charge >= 0.3 is 0 Å². The van der Waals surface area contributed by atoms with Crippen molar-refractivity contribution in [2.24, 2.45) is 0 Å². The minimum Gasteiger partial charge on any atom is -0.497 e. The zero-order valence-corrected chi connectivity index (χ0v) is 12.0. The summed E-state index contributed by atoms with van der Waals surface area (Å²) in [5.41, 5.74) is 1.27. The number of unbranched alkanes of at least 4 members (excludes halogenated alkanes) is 1. The predicted octanol–water partition coefficient (Wildman–Crippen LogP) is 3.02. The fourth-order valence-electron chi connectivity index (χ4n) is 1.86. The van der Waals surface area contributed by atoms with Crippen molar-refractivity contribution >= 4 is 0 Å². The lowest BCUT2D eigenvalue weighted by molar-refractivity contribution is 0.393. The van der Waals surface area contributed by atoms with Gasteiger partial charge in [-0.3, -0.25) is 0 Å². The summed E-state index contributed by atoms with van der Waals surface area (Å²) < 4.78 is 10.5. The van der Waals surface area contributed by atoms with E-state index in [1.165, 1.54) is 18.4 Å². The topological polar surface area (TPSA) is 30.5 Å². The van der Waals surface area contributed by atoms with Gasteiger partial charge in [-0.2, -0.15) is 0 Å². The van der Waals surface area contributed by atoms with Gasteiger partial charge in [-0.05, 0) is 43.5 Å². The highest BCUT2D eigenvalue weighted by atomic mass is 16.5. The van der Waals surface area contributed by atoms with E-state index < -0.39 is 0 Å². The minimum atomic E-state index is 0.571. The molecular weight excluding hydrogens is 226 g/mol. The smallest absolute Gasteiger partial charge is 0.122 e. The van der Waals surface area contributed by atoms with Crippen molar-refractivity contribution in [3.63, 3.8) is 0 Å².